The van der Waals surface area contributed by atoms with Crippen molar-refractivity contribution < 1.29 is 4.79 Å². The highest BCUT2D eigenvalue weighted by molar-refractivity contribution is 5.99. The number of amides is 1. The highest BCUT2D eigenvalue weighted by Gasteiger charge is 2.15. The molecule has 3 nitrogen and oxygen atoms in total. The third-order valence-electron chi connectivity index (χ3n) is 3.68. The van der Waals surface area contributed by atoms with Gasteiger partial charge in [-0.2, -0.15) is 0 Å². The summed E-state index contributed by atoms with van der Waals surface area (Å²) in [5.74, 6) is 0.0277. The number of benzene rings is 2. The van der Waals surface area contributed by atoms with Gasteiger partial charge in [0.15, 0.2) is 0 Å². The molecule has 0 heterocycles. The number of anilines is 1. The van der Waals surface area contributed by atoms with Gasteiger partial charge in [-0.05, 0) is 37.1 Å². The molecule has 2 rings (SSSR count). The average Bonchev–Trinajstić information content (AvgIpc) is 2.49. The molecule has 1 N–H and O–H groups in total. The smallest absolute Gasteiger partial charge is 0.255 e. The van der Waals surface area contributed by atoms with E-state index in [9.17, 15) is 4.79 Å². The largest absolute Gasteiger partial charge is 0.387 e. The van der Waals surface area contributed by atoms with Crippen molar-refractivity contribution in [1.82, 2.24) is 4.90 Å². The van der Waals surface area contributed by atoms with Gasteiger partial charge in [0.1, 0.15) is 0 Å². The summed E-state index contributed by atoms with van der Waals surface area (Å²) in [5, 5.41) is 3.07. The number of carbonyl (C=O) groups excluding carboxylic acids is 1. The molecule has 3 heteroatoms. The zero-order valence-electron chi connectivity index (χ0n) is 13.1. The molecule has 0 aliphatic carbocycles. The fourth-order valence-electron chi connectivity index (χ4n) is 2.44. The quantitative estimate of drug-likeness (QED) is 0.929. The molecule has 110 valence electrons. The molecule has 0 saturated heterocycles. The van der Waals surface area contributed by atoms with E-state index in [1.165, 1.54) is 16.7 Å². The summed E-state index contributed by atoms with van der Waals surface area (Å²) in [6.45, 7) is 4.78. The molecule has 21 heavy (non-hydrogen) atoms. The molecule has 0 spiro atoms. The maximum absolute atomic E-state index is 12.6. The number of nitrogens with one attached hydrogen (secondary N) is 1. The number of aryl methyl sites for hydroxylation is 2. The zero-order valence-corrected chi connectivity index (χ0v) is 13.1. The Hall–Kier alpha value is -2.29. The molecular weight excluding hydrogens is 260 g/mol. The van der Waals surface area contributed by atoms with Crippen LogP contribution in [0.4, 0.5) is 5.69 Å². The lowest BCUT2D eigenvalue weighted by atomic mass is 10.0. The molecule has 0 aliphatic rings. The first-order valence-electron chi connectivity index (χ1n) is 7.11. The maximum Gasteiger partial charge on any atom is 0.255 e. The number of para-hydroxylation sites is 1. The zero-order chi connectivity index (χ0) is 15.4. The van der Waals surface area contributed by atoms with Gasteiger partial charge in [-0.1, -0.05) is 35.9 Å². The van der Waals surface area contributed by atoms with Crippen molar-refractivity contribution in [2.24, 2.45) is 0 Å². The molecule has 2 aromatic carbocycles. The fourth-order valence-corrected chi connectivity index (χ4v) is 2.44. The molecular formula is C18H22N2O. The van der Waals surface area contributed by atoms with Crippen LogP contribution in [0, 0.1) is 13.8 Å². The Morgan fingerprint density at radius 2 is 1.86 bits per heavy atom. The summed E-state index contributed by atoms with van der Waals surface area (Å²) in [5.41, 5.74) is 5.20. The lowest BCUT2D eigenvalue weighted by molar-refractivity contribution is 0.0786. The normalized spacial score (nSPS) is 10.3. The first-order valence-corrected chi connectivity index (χ1v) is 7.11. The van der Waals surface area contributed by atoms with Gasteiger partial charge < -0.3 is 10.2 Å². The van der Waals surface area contributed by atoms with Crippen LogP contribution in [0.5, 0.6) is 0 Å². The Morgan fingerprint density at radius 3 is 2.52 bits per heavy atom. The second-order valence-electron chi connectivity index (χ2n) is 5.39. The van der Waals surface area contributed by atoms with Crippen LogP contribution < -0.4 is 5.32 Å². The Morgan fingerprint density at radius 1 is 1.14 bits per heavy atom. The Kier molecular flexibility index (Phi) is 4.63. The van der Waals surface area contributed by atoms with Crippen LogP contribution in [0.25, 0.3) is 0 Å². The van der Waals surface area contributed by atoms with Crippen LogP contribution in [0.15, 0.2) is 42.5 Å². The van der Waals surface area contributed by atoms with Crippen LogP contribution in [0.1, 0.15) is 27.0 Å². The average molecular weight is 282 g/mol. The van der Waals surface area contributed by atoms with Gasteiger partial charge in [-0.3, -0.25) is 4.79 Å². The van der Waals surface area contributed by atoms with Crippen LogP contribution in [-0.2, 0) is 6.54 Å². The van der Waals surface area contributed by atoms with Crippen LogP contribution in [-0.4, -0.2) is 24.9 Å². The number of nitrogens with zero attached hydrogens (tertiary/aromatic N) is 1. The van der Waals surface area contributed by atoms with Crippen LogP contribution in [0.3, 0.4) is 0 Å². The van der Waals surface area contributed by atoms with Gasteiger partial charge in [0.05, 0.1) is 5.56 Å². The van der Waals surface area contributed by atoms with E-state index >= 15 is 0 Å². The molecule has 0 bridgehead atoms. The molecule has 0 saturated carbocycles. The van der Waals surface area contributed by atoms with Crippen molar-refractivity contribution >= 4 is 11.6 Å². The van der Waals surface area contributed by atoms with E-state index in [4.69, 9.17) is 0 Å². The van der Waals surface area contributed by atoms with Gasteiger partial charge in [-0.25, -0.2) is 0 Å². The maximum atomic E-state index is 12.6. The SMILES string of the molecule is CNc1ccccc1C(=O)N(C)Cc1ccc(C)cc1C. The lowest BCUT2D eigenvalue weighted by Crippen LogP contribution is -2.27. The Balaban J connectivity index is 2.19. The van der Waals surface area contributed by atoms with Crippen molar-refractivity contribution in [3.05, 3.63) is 64.7 Å². The highest BCUT2D eigenvalue weighted by atomic mass is 16.2. The van der Waals surface area contributed by atoms with Crippen molar-refractivity contribution in [1.29, 1.82) is 0 Å². The Bertz CT molecular complexity index is 649. The molecule has 0 atom stereocenters. The minimum Gasteiger partial charge on any atom is -0.387 e. The van der Waals surface area contributed by atoms with Gasteiger partial charge in [0.25, 0.3) is 5.91 Å². The Labute approximate surface area is 126 Å². The van der Waals surface area contributed by atoms with Crippen LogP contribution >= 0.6 is 0 Å². The number of hydrogen-bond acceptors (Lipinski definition) is 2. The topological polar surface area (TPSA) is 32.3 Å². The number of rotatable bonds is 4. The standard InChI is InChI=1S/C18H22N2O/c1-13-9-10-15(14(2)11-13)12-20(4)18(21)16-7-5-6-8-17(16)19-3/h5-11,19H,12H2,1-4H3. The van der Waals surface area contributed by atoms with Gasteiger partial charge in [0.2, 0.25) is 0 Å². The number of carbonyl (C=O) groups is 1. The van der Waals surface area contributed by atoms with Gasteiger partial charge in [0, 0.05) is 26.3 Å². The summed E-state index contributed by atoms with van der Waals surface area (Å²) in [6, 6.07) is 13.9. The van der Waals surface area contributed by atoms with E-state index in [0.717, 1.165) is 5.69 Å². The predicted molar refractivity (Wildman–Crippen MR) is 87.7 cm³/mol. The molecule has 0 aromatic heterocycles. The third-order valence-corrected chi connectivity index (χ3v) is 3.68. The van der Waals surface area contributed by atoms with Gasteiger partial charge >= 0.3 is 0 Å². The molecule has 2 aromatic rings. The first-order chi connectivity index (χ1) is 10.0. The van der Waals surface area contributed by atoms with E-state index in [2.05, 4.69) is 37.4 Å². The summed E-state index contributed by atoms with van der Waals surface area (Å²) in [7, 11) is 3.67. The fraction of sp³-hybridized carbons (Fsp3) is 0.278. The molecule has 1 amide bonds. The van der Waals surface area contributed by atoms with E-state index in [-0.39, 0.29) is 5.91 Å². The summed E-state index contributed by atoms with van der Waals surface area (Å²) < 4.78 is 0. The summed E-state index contributed by atoms with van der Waals surface area (Å²) in [4.78, 5) is 14.4. The summed E-state index contributed by atoms with van der Waals surface area (Å²) >= 11 is 0. The van der Waals surface area contributed by atoms with Crippen LogP contribution in [0.2, 0.25) is 0 Å². The van der Waals surface area contributed by atoms with E-state index < -0.39 is 0 Å². The van der Waals surface area contributed by atoms with Crippen molar-refractivity contribution in [2.45, 2.75) is 20.4 Å². The highest BCUT2D eigenvalue weighted by Crippen LogP contribution is 2.18. The predicted octanol–water partition coefficient (Wildman–Crippen LogP) is 3.62. The first kappa shape index (κ1) is 15.1. The van der Waals surface area contributed by atoms with Crippen molar-refractivity contribution in [3.8, 4) is 0 Å². The van der Waals surface area contributed by atoms with E-state index in [1.807, 2.05) is 38.4 Å². The molecule has 0 aliphatic heterocycles. The minimum absolute atomic E-state index is 0.0277. The second-order valence-corrected chi connectivity index (χ2v) is 5.39. The molecule has 0 unspecified atom stereocenters. The lowest BCUT2D eigenvalue weighted by Gasteiger charge is -2.20. The molecule has 0 radical (unpaired) electrons. The minimum atomic E-state index is 0.0277. The monoisotopic (exact) mass is 282 g/mol. The summed E-state index contributed by atoms with van der Waals surface area (Å²) in [6.07, 6.45) is 0. The molecule has 0 fully saturated rings. The van der Waals surface area contributed by atoms with Crippen molar-refractivity contribution in [3.63, 3.8) is 0 Å². The van der Waals surface area contributed by atoms with E-state index in [0.29, 0.717) is 12.1 Å². The van der Waals surface area contributed by atoms with E-state index in [1.54, 1.807) is 4.90 Å². The number of hydrogen-bond donors (Lipinski definition) is 1. The third kappa shape index (κ3) is 3.43. The van der Waals surface area contributed by atoms with Crippen molar-refractivity contribution in [2.75, 3.05) is 19.4 Å². The second kappa shape index (κ2) is 6.44. The van der Waals surface area contributed by atoms with Gasteiger partial charge in [-0.15, -0.1) is 0 Å².